The summed E-state index contributed by atoms with van der Waals surface area (Å²) in [6, 6.07) is 5.51. The molecular weight excluding hydrogens is 323 g/mol. The topological polar surface area (TPSA) is 44.5 Å². The number of likely N-dealkylation sites (N-methyl/N-ethyl adjacent to an activating group) is 2. The van der Waals surface area contributed by atoms with E-state index in [4.69, 9.17) is 5.84 Å². The molecule has 0 aliphatic carbocycles. The SMILES string of the molecule is CN1CCN(C)C(CC(NN)c2cccc(Br)c2F)C1. The van der Waals surface area contributed by atoms with Crippen LogP contribution in [0.3, 0.4) is 0 Å². The van der Waals surface area contributed by atoms with Gasteiger partial charge in [0.25, 0.3) is 0 Å². The van der Waals surface area contributed by atoms with Crippen molar-refractivity contribution in [1.82, 2.24) is 15.2 Å². The van der Waals surface area contributed by atoms with E-state index in [1.54, 1.807) is 12.1 Å². The Morgan fingerprint density at radius 1 is 1.45 bits per heavy atom. The number of hydrazine groups is 1. The van der Waals surface area contributed by atoms with Gasteiger partial charge in [-0.1, -0.05) is 12.1 Å². The molecule has 4 nitrogen and oxygen atoms in total. The molecule has 2 rings (SSSR count). The molecule has 0 saturated carbocycles. The van der Waals surface area contributed by atoms with Gasteiger partial charge in [-0.05, 0) is 42.5 Å². The van der Waals surface area contributed by atoms with Gasteiger partial charge >= 0.3 is 0 Å². The maximum Gasteiger partial charge on any atom is 0.142 e. The number of hydrogen-bond acceptors (Lipinski definition) is 4. The summed E-state index contributed by atoms with van der Waals surface area (Å²) in [5.41, 5.74) is 3.38. The average Bonchev–Trinajstić information content (AvgIpc) is 2.43. The number of nitrogens with two attached hydrogens (primary N) is 1. The van der Waals surface area contributed by atoms with Crippen LogP contribution >= 0.6 is 15.9 Å². The third-order valence-electron chi connectivity index (χ3n) is 4.05. The van der Waals surface area contributed by atoms with E-state index in [0.29, 0.717) is 16.1 Å². The zero-order chi connectivity index (χ0) is 14.7. The van der Waals surface area contributed by atoms with Crippen molar-refractivity contribution in [1.29, 1.82) is 0 Å². The van der Waals surface area contributed by atoms with Gasteiger partial charge < -0.3 is 9.80 Å². The van der Waals surface area contributed by atoms with Crippen molar-refractivity contribution in [2.75, 3.05) is 33.7 Å². The van der Waals surface area contributed by atoms with Crippen LogP contribution in [0.25, 0.3) is 0 Å². The standard InChI is InChI=1S/C14H22BrFN4/c1-19-6-7-20(2)10(9-19)8-13(18-17)11-4-3-5-12(15)14(11)16/h3-5,10,13,18H,6-9,17H2,1-2H3. The Labute approximate surface area is 128 Å². The van der Waals surface area contributed by atoms with E-state index in [0.717, 1.165) is 26.1 Å². The molecule has 0 spiro atoms. The summed E-state index contributed by atoms with van der Waals surface area (Å²) in [6.45, 7) is 3.07. The van der Waals surface area contributed by atoms with E-state index in [9.17, 15) is 4.39 Å². The molecule has 1 aromatic rings. The van der Waals surface area contributed by atoms with Crippen LogP contribution in [0.15, 0.2) is 22.7 Å². The van der Waals surface area contributed by atoms with Crippen LogP contribution in [-0.4, -0.2) is 49.6 Å². The van der Waals surface area contributed by atoms with E-state index in [1.807, 2.05) is 6.07 Å². The lowest BCUT2D eigenvalue weighted by Gasteiger charge is -2.39. The quantitative estimate of drug-likeness (QED) is 0.645. The first-order valence-electron chi connectivity index (χ1n) is 6.81. The van der Waals surface area contributed by atoms with Crippen LogP contribution in [0.5, 0.6) is 0 Å². The van der Waals surface area contributed by atoms with Gasteiger partial charge in [-0.3, -0.25) is 11.3 Å². The van der Waals surface area contributed by atoms with Crippen LogP contribution in [-0.2, 0) is 0 Å². The van der Waals surface area contributed by atoms with Crippen LogP contribution in [0.1, 0.15) is 18.0 Å². The fourth-order valence-electron chi connectivity index (χ4n) is 2.70. The monoisotopic (exact) mass is 344 g/mol. The molecule has 6 heteroatoms. The van der Waals surface area contributed by atoms with E-state index >= 15 is 0 Å². The molecule has 1 saturated heterocycles. The second-order valence-electron chi connectivity index (χ2n) is 5.49. The van der Waals surface area contributed by atoms with Crippen LogP contribution in [0.2, 0.25) is 0 Å². The summed E-state index contributed by atoms with van der Waals surface area (Å²) in [5, 5.41) is 0. The van der Waals surface area contributed by atoms with Crippen molar-refractivity contribution in [3.8, 4) is 0 Å². The molecule has 3 N–H and O–H groups in total. The van der Waals surface area contributed by atoms with Crippen LogP contribution in [0.4, 0.5) is 4.39 Å². The first-order valence-corrected chi connectivity index (χ1v) is 7.61. The van der Waals surface area contributed by atoms with E-state index in [2.05, 4.69) is 45.3 Å². The lowest BCUT2D eigenvalue weighted by Crippen LogP contribution is -2.51. The number of hydrogen-bond donors (Lipinski definition) is 2. The Morgan fingerprint density at radius 2 is 2.20 bits per heavy atom. The van der Waals surface area contributed by atoms with Gasteiger partial charge in [-0.25, -0.2) is 4.39 Å². The molecule has 0 aromatic heterocycles. The fraction of sp³-hybridized carbons (Fsp3) is 0.571. The minimum absolute atomic E-state index is 0.188. The summed E-state index contributed by atoms with van der Waals surface area (Å²) in [4.78, 5) is 4.62. The number of nitrogens with zero attached hydrogens (tertiary/aromatic N) is 2. The highest BCUT2D eigenvalue weighted by Gasteiger charge is 2.27. The minimum atomic E-state index is -0.234. The third kappa shape index (κ3) is 3.56. The van der Waals surface area contributed by atoms with E-state index in [-0.39, 0.29) is 11.9 Å². The predicted molar refractivity (Wildman–Crippen MR) is 82.7 cm³/mol. The molecule has 0 radical (unpaired) electrons. The molecule has 1 aliphatic rings. The average molecular weight is 345 g/mol. The Kier molecular flexibility index (Phi) is 5.51. The highest BCUT2D eigenvalue weighted by atomic mass is 79.9. The molecule has 1 heterocycles. The highest BCUT2D eigenvalue weighted by molar-refractivity contribution is 9.10. The summed E-state index contributed by atoms with van der Waals surface area (Å²) >= 11 is 3.23. The van der Waals surface area contributed by atoms with Crippen molar-refractivity contribution in [2.45, 2.75) is 18.5 Å². The van der Waals surface area contributed by atoms with Gasteiger partial charge in [0.2, 0.25) is 0 Å². The number of benzene rings is 1. The van der Waals surface area contributed by atoms with Crippen molar-refractivity contribution >= 4 is 15.9 Å². The molecule has 1 aromatic carbocycles. The molecule has 2 unspecified atom stereocenters. The number of piperazine rings is 1. The third-order valence-corrected chi connectivity index (χ3v) is 4.66. The van der Waals surface area contributed by atoms with Gasteiger partial charge in [-0.2, -0.15) is 0 Å². The lowest BCUT2D eigenvalue weighted by atomic mass is 9.97. The van der Waals surface area contributed by atoms with Crippen molar-refractivity contribution < 1.29 is 4.39 Å². The van der Waals surface area contributed by atoms with Gasteiger partial charge in [-0.15, -0.1) is 0 Å². The molecule has 112 valence electrons. The highest BCUT2D eigenvalue weighted by Crippen LogP contribution is 2.27. The molecule has 2 atom stereocenters. The lowest BCUT2D eigenvalue weighted by molar-refractivity contribution is 0.101. The summed E-state index contributed by atoms with van der Waals surface area (Å²) in [6.07, 6.45) is 0.782. The minimum Gasteiger partial charge on any atom is -0.304 e. The number of halogens is 2. The Bertz CT molecular complexity index is 457. The zero-order valence-electron chi connectivity index (χ0n) is 11.9. The van der Waals surface area contributed by atoms with Crippen molar-refractivity contribution in [3.05, 3.63) is 34.1 Å². The summed E-state index contributed by atoms with van der Waals surface area (Å²) in [5.74, 6) is 5.42. The van der Waals surface area contributed by atoms with E-state index in [1.165, 1.54) is 0 Å². The predicted octanol–water partition coefficient (Wildman–Crippen LogP) is 1.73. The second kappa shape index (κ2) is 6.95. The normalized spacial score (nSPS) is 22.9. The Balaban J connectivity index is 2.14. The van der Waals surface area contributed by atoms with Gasteiger partial charge in [0.1, 0.15) is 5.82 Å². The first kappa shape index (κ1) is 15.9. The Morgan fingerprint density at radius 3 is 2.90 bits per heavy atom. The Hall–Kier alpha value is -0.530. The molecular formula is C14H22BrFN4. The van der Waals surface area contributed by atoms with Gasteiger partial charge in [0, 0.05) is 31.2 Å². The number of rotatable bonds is 4. The maximum atomic E-state index is 14.2. The largest absolute Gasteiger partial charge is 0.304 e. The van der Waals surface area contributed by atoms with Crippen LogP contribution in [0, 0.1) is 5.82 Å². The maximum absolute atomic E-state index is 14.2. The van der Waals surface area contributed by atoms with Crippen molar-refractivity contribution in [3.63, 3.8) is 0 Å². The van der Waals surface area contributed by atoms with Gasteiger partial charge in [0.15, 0.2) is 0 Å². The first-order chi connectivity index (χ1) is 9.52. The zero-order valence-corrected chi connectivity index (χ0v) is 13.5. The van der Waals surface area contributed by atoms with Gasteiger partial charge in [0.05, 0.1) is 10.5 Å². The molecule has 1 aliphatic heterocycles. The molecule has 0 amide bonds. The van der Waals surface area contributed by atoms with Crippen LogP contribution < -0.4 is 11.3 Å². The second-order valence-corrected chi connectivity index (χ2v) is 6.35. The smallest absolute Gasteiger partial charge is 0.142 e. The summed E-state index contributed by atoms with van der Waals surface area (Å²) in [7, 11) is 4.23. The van der Waals surface area contributed by atoms with Crippen molar-refractivity contribution in [2.24, 2.45) is 5.84 Å². The fourth-order valence-corrected chi connectivity index (χ4v) is 3.08. The van der Waals surface area contributed by atoms with E-state index < -0.39 is 0 Å². The number of nitrogens with one attached hydrogen (secondary N) is 1. The molecule has 0 bridgehead atoms. The molecule has 20 heavy (non-hydrogen) atoms. The summed E-state index contributed by atoms with van der Waals surface area (Å²) < 4.78 is 14.7. The molecule has 1 fully saturated rings.